The van der Waals surface area contributed by atoms with Gasteiger partial charge in [0.1, 0.15) is 5.69 Å². The van der Waals surface area contributed by atoms with Crippen molar-refractivity contribution in [1.82, 2.24) is 15.1 Å². The normalized spacial score (nSPS) is 22.3. The summed E-state index contributed by atoms with van der Waals surface area (Å²) in [6.45, 7) is 3.60. The molecule has 7 nitrogen and oxygen atoms in total. The lowest BCUT2D eigenvalue weighted by atomic mass is 10.0. The zero-order valence-electron chi connectivity index (χ0n) is 12.7. The number of hydrogen-bond donors (Lipinski definition) is 1. The first kappa shape index (κ1) is 14.3. The second-order valence-corrected chi connectivity index (χ2v) is 6.17. The van der Waals surface area contributed by atoms with E-state index in [0.29, 0.717) is 23.6 Å². The highest BCUT2D eigenvalue weighted by Crippen LogP contribution is 2.38. The van der Waals surface area contributed by atoms with Crippen LogP contribution in [0.15, 0.2) is 0 Å². The molecule has 116 valence electrons. The molecule has 1 atom stereocenters. The second-order valence-electron chi connectivity index (χ2n) is 6.17. The van der Waals surface area contributed by atoms with Gasteiger partial charge in [-0.2, -0.15) is 5.10 Å². The number of nitro groups is 1. The van der Waals surface area contributed by atoms with E-state index in [-0.39, 0.29) is 10.6 Å². The maximum absolute atomic E-state index is 11.4. The van der Waals surface area contributed by atoms with Crippen molar-refractivity contribution in [2.75, 3.05) is 18.0 Å². The van der Waals surface area contributed by atoms with Crippen molar-refractivity contribution in [3.63, 3.8) is 0 Å². The molecular formula is C14H23N5O2. The quantitative estimate of drug-likeness (QED) is 0.661. The third-order valence-corrected chi connectivity index (χ3v) is 4.43. The SMILES string of the molecule is Cc1nn(C)c(N(CC2CCCCN2)C2CC2)c1[N+](=O)[O-]. The molecule has 2 fully saturated rings. The molecule has 7 heteroatoms. The van der Waals surface area contributed by atoms with Crippen LogP contribution in [0.3, 0.4) is 0 Å². The van der Waals surface area contributed by atoms with Crippen LogP contribution in [0.4, 0.5) is 11.5 Å². The van der Waals surface area contributed by atoms with Gasteiger partial charge in [-0.25, -0.2) is 4.68 Å². The molecule has 21 heavy (non-hydrogen) atoms. The van der Waals surface area contributed by atoms with Crippen LogP contribution in [0, 0.1) is 17.0 Å². The highest BCUT2D eigenvalue weighted by Gasteiger charge is 2.38. The van der Waals surface area contributed by atoms with Crippen molar-refractivity contribution in [2.45, 2.75) is 51.1 Å². The van der Waals surface area contributed by atoms with Crippen molar-refractivity contribution < 1.29 is 4.92 Å². The van der Waals surface area contributed by atoms with Gasteiger partial charge in [0, 0.05) is 25.7 Å². The van der Waals surface area contributed by atoms with Crippen LogP contribution in [-0.4, -0.2) is 39.9 Å². The largest absolute Gasteiger partial charge is 0.347 e. The summed E-state index contributed by atoms with van der Waals surface area (Å²) in [5.74, 6) is 0.673. The van der Waals surface area contributed by atoms with E-state index in [4.69, 9.17) is 0 Å². The van der Waals surface area contributed by atoms with Gasteiger partial charge in [-0.1, -0.05) is 6.42 Å². The Morgan fingerprint density at radius 1 is 1.43 bits per heavy atom. The summed E-state index contributed by atoms with van der Waals surface area (Å²) in [6.07, 6.45) is 5.85. The average Bonchev–Trinajstić information content (AvgIpc) is 3.23. The van der Waals surface area contributed by atoms with E-state index in [1.807, 2.05) is 0 Å². The van der Waals surface area contributed by atoms with Gasteiger partial charge in [-0.3, -0.25) is 10.1 Å². The molecular weight excluding hydrogens is 270 g/mol. The van der Waals surface area contributed by atoms with Gasteiger partial charge >= 0.3 is 5.69 Å². The van der Waals surface area contributed by atoms with Gasteiger partial charge in [-0.05, 0) is 39.2 Å². The predicted octanol–water partition coefficient (Wildman–Crippen LogP) is 1.75. The van der Waals surface area contributed by atoms with Crippen LogP contribution in [0.5, 0.6) is 0 Å². The first-order valence-corrected chi connectivity index (χ1v) is 7.76. The Morgan fingerprint density at radius 3 is 2.76 bits per heavy atom. The summed E-state index contributed by atoms with van der Waals surface area (Å²) < 4.78 is 1.68. The van der Waals surface area contributed by atoms with Crippen LogP contribution >= 0.6 is 0 Å². The number of aromatic nitrogens is 2. The monoisotopic (exact) mass is 293 g/mol. The number of aryl methyl sites for hydroxylation is 2. The number of piperidine rings is 1. The topological polar surface area (TPSA) is 76.2 Å². The molecule has 1 aliphatic carbocycles. The summed E-state index contributed by atoms with van der Waals surface area (Å²) in [5, 5.41) is 19.2. The Labute approximate surface area is 124 Å². The van der Waals surface area contributed by atoms with Gasteiger partial charge < -0.3 is 10.2 Å². The maximum atomic E-state index is 11.4. The minimum absolute atomic E-state index is 0.167. The fourth-order valence-corrected chi connectivity index (χ4v) is 3.28. The molecule has 0 radical (unpaired) electrons. The standard InChI is InChI=1S/C14H23N5O2/c1-10-13(19(20)21)14(17(2)16-10)18(12-6-7-12)9-11-5-3-4-8-15-11/h11-12,15H,3-9H2,1-2H3. The van der Waals surface area contributed by atoms with Gasteiger partial charge in [-0.15, -0.1) is 0 Å². The van der Waals surface area contributed by atoms with Crippen molar-refractivity contribution in [2.24, 2.45) is 7.05 Å². The summed E-state index contributed by atoms with van der Waals surface area (Å²) in [6, 6.07) is 0.858. The molecule has 1 saturated heterocycles. The molecule has 1 saturated carbocycles. The molecule has 2 heterocycles. The van der Waals surface area contributed by atoms with E-state index >= 15 is 0 Å². The maximum Gasteiger partial charge on any atom is 0.333 e. The van der Waals surface area contributed by atoms with Crippen molar-refractivity contribution in [1.29, 1.82) is 0 Å². The molecule has 1 unspecified atom stereocenters. The van der Waals surface area contributed by atoms with Gasteiger partial charge in [0.05, 0.1) is 4.92 Å². The van der Waals surface area contributed by atoms with Gasteiger partial charge in [0.25, 0.3) is 0 Å². The minimum atomic E-state index is -0.290. The fraction of sp³-hybridized carbons (Fsp3) is 0.786. The highest BCUT2D eigenvalue weighted by molar-refractivity contribution is 5.62. The van der Waals surface area contributed by atoms with Crippen LogP contribution in [0.2, 0.25) is 0 Å². The molecule has 1 aromatic rings. The molecule has 1 aliphatic heterocycles. The van der Waals surface area contributed by atoms with Gasteiger partial charge in [0.2, 0.25) is 5.82 Å². The lowest BCUT2D eigenvalue weighted by Crippen LogP contribution is -2.45. The predicted molar refractivity (Wildman–Crippen MR) is 80.6 cm³/mol. The van der Waals surface area contributed by atoms with Crippen LogP contribution < -0.4 is 10.2 Å². The zero-order chi connectivity index (χ0) is 15.0. The summed E-state index contributed by atoms with van der Waals surface area (Å²) in [5.41, 5.74) is 0.667. The Hall–Kier alpha value is -1.63. The van der Waals surface area contributed by atoms with E-state index in [2.05, 4.69) is 15.3 Å². The Bertz CT molecular complexity index is 532. The van der Waals surface area contributed by atoms with Crippen molar-refractivity contribution >= 4 is 11.5 Å². The fourth-order valence-electron chi connectivity index (χ4n) is 3.28. The molecule has 1 aromatic heterocycles. The lowest BCUT2D eigenvalue weighted by molar-refractivity contribution is -0.384. The Morgan fingerprint density at radius 2 is 2.19 bits per heavy atom. The summed E-state index contributed by atoms with van der Waals surface area (Å²) in [4.78, 5) is 13.3. The molecule has 0 amide bonds. The number of anilines is 1. The van der Waals surface area contributed by atoms with E-state index in [0.717, 1.165) is 32.4 Å². The molecule has 0 spiro atoms. The van der Waals surface area contributed by atoms with E-state index in [9.17, 15) is 10.1 Å². The number of hydrogen-bond acceptors (Lipinski definition) is 5. The first-order chi connectivity index (χ1) is 10.1. The van der Waals surface area contributed by atoms with Crippen molar-refractivity contribution in [3.05, 3.63) is 15.8 Å². The first-order valence-electron chi connectivity index (χ1n) is 7.76. The van der Waals surface area contributed by atoms with Crippen molar-refractivity contribution in [3.8, 4) is 0 Å². The average molecular weight is 293 g/mol. The van der Waals surface area contributed by atoms with Crippen LogP contribution in [0.1, 0.15) is 37.8 Å². The van der Waals surface area contributed by atoms with Gasteiger partial charge in [0.15, 0.2) is 0 Å². The molecule has 2 aliphatic rings. The Kier molecular flexibility index (Phi) is 3.84. The summed E-state index contributed by atoms with van der Waals surface area (Å²) >= 11 is 0. The van der Waals surface area contributed by atoms with E-state index in [1.54, 1.807) is 18.7 Å². The summed E-state index contributed by atoms with van der Waals surface area (Å²) in [7, 11) is 1.80. The smallest absolute Gasteiger partial charge is 0.333 e. The zero-order valence-corrected chi connectivity index (χ0v) is 12.7. The second kappa shape index (κ2) is 5.63. The molecule has 0 aromatic carbocycles. The van der Waals surface area contributed by atoms with E-state index < -0.39 is 0 Å². The third-order valence-electron chi connectivity index (χ3n) is 4.43. The van der Waals surface area contributed by atoms with E-state index in [1.165, 1.54) is 12.8 Å². The highest BCUT2D eigenvalue weighted by atomic mass is 16.6. The third kappa shape index (κ3) is 2.88. The molecule has 3 rings (SSSR count). The number of nitrogens with zero attached hydrogens (tertiary/aromatic N) is 4. The minimum Gasteiger partial charge on any atom is -0.347 e. The van der Waals surface area contributed by atoms with Crippen LogP contribution in [0.25, 0.3) is 0 Å². The van der Waals surface area contributed by atoms with Crippen LogP contribution in [-0.2, 0) is 7.05 Å². The Balaban J connectivity index is 1.88. The lowest BCUT2D eigenvalue weighted by Gasteiger charge is -2.31. The number of nitrogens with one attached hydrogen (secondary N) is 1. The number of rotatable bonds is 5. The molecule has 1 N–H and O–H groups in total. The molecule has 0 bridgehead atoms.